The lowest BCUT2D eigenvalue weighted by molar-refractivity contribution is -0.147. The second-order valence-corrected chi connectivity index (χ2v) is 8.71. The van der Waals surface area contributed by atoms with E-state index in [0.717, 1.165) is 33.7 Å². The second-order valence-electron chi connectivity index (χ2n) is 8.71. The first-order chi connectivity index (χ1) is 17.5. The molecule has 5 rings (SSSR count). The number of carboxylic acid groups (broad SMARTS) is 1. The highest BCUT2D eigenvalue weighted by Gasteiger charge is 2.26. The number of aliphatic carboxylic acids is 1. The number of aromatic nitrogens is 2. The van der Waals surface area contributed by atoms with Crippen LogP contribution in [-0.4, -0.2) is 44.0 Å². The summed E-state index contributed by atoms with van der Waals surface area (Å²) in [5, 5.41) is 26.5. The van der Waals surface area contributed by atoms with Crippen LogP contribution >= 0.6 is 0 Å². The number of hydrogen-bond acceptors (Lipinski definition) is 5. The summed E-state index contributed by atoms with van der Waals surface area (Å²) in [7, 11) is 0. The van der Waals surface area contributed by atoms with E-state index >= 15 is 0 Å². The fourth-order valence-electron chi connectivity index (χ4n) is 4.35. The van der Waals surface area contributed by atoms with E-state index in [2.05, 4.69) is 10.4 Å². The van der Waals surface area contributed by atoms with Crippen LogP contribution < -0.4 is 10.1 Å². The maximum atomic E-state index is 13.1. The Bertz CT molecular complexity index is 1380. The van der Waals surface area contributed by atoms with Crippen LogP contribution in [0.25, 0.3) is 22.4 Å². The Morgan fingerprint density at radius 2 is 1.67 bits per heavy atom. The van der Waals surface area contributed by atoms with E-state index in [1.54, 1.807) is 10.7 Å². The number of carbonyl (C=O) groups is 2. The van der Waals surface area contributed by atoms with Crippen molar-refractivity contribution in [3.8, 4) is 28.1 Å². The van der Waals surface area contributed by atoms with Crippen LogP contribution in [0.2, 0.25) is 0 Å². The van der Waals surface area contributed by atoms with E-state index < -0.39 is 24.0 Å². The third-order valence-corrected chi connectivity index (χ3v) is 6.19. The molecule has 3 N–H and O–H groups in total. The smallest absolute Gasteiger partial charge is 0.332 e. The molecular weight excluding hydrogens is 458 g/mol. The molecule has 1 aromatic heterocycles. The van der Waals surface area contributed by atoms with Crippen molar-refractivity contribution < 1.29 is 24.5 Å². The summed E-state index contributed by atoms with van der Waals surface area (Å²) in [6.07, 6.45) is -1.39. The van der Waals surface area contributed by atoms with Crippen LogP contribution in [0.3, 0.4) is 0 Å². The van der Waals surface area contributed by atoms with E-state index in [0.29, 0.717) is 6.42 Å². The van der Waals surface area contributed by atoms with E-state index in [4.69, 9.17) is 4.74 Å². The van der Waals surface area contributed by atoms with Gasteiger partial charge >= 0.3 is 5.97 Å². The fraction of sp³-hybridized carbons (Fsp3) is 0.179. The Hall–Kier alpha value is -4.43. The van der Waals surface area contributed by atoms with Gasteiger partial charge in [0.2, 0.25) is 0 Å². The predicted molar refractivity (Wildman–Crippen MR) is 133 cm³/mol. The lowest BCUT2D eigenvalue weighted by atomic mass is 9.97. The molecule has 8 nitrogen and oxygen atoms in total. The summed E-state index contributed by atoms with van der Waals surface area (Å²) in [6, 6.07) is 26.4. The first-order valence-electron chi connectivity index (χ1n) is 11.6. The molecular formula is C28H25N3O5. The first kappa shape index (κ1) is 23.3. The minimum Gasteiger partial charge on any atom is -0.479 e. The number of nitrogens with one attached hydrogen (secondary N) is 1. The van der Waals surface area contributed by atoms with Gasteiger partial charge in [0, 0.05) is 18.0 Å². The molecule has 0 saturated carbocycles. The number of aliphatic hydroxyl groups is 1. The van der Waals surface area contributed by atoms with Crippen molar-refractivity contribution in [3.63, 3.8) is 0 Å². The normalized spacial score (nSPS) is 13.6. The standard InChI is InChI=1S/C28H25N3O5/c32-25(28(34)35)15-21(14-18-10-12-20(13-11-18)19-6-2-1-3-7-19)29-27(33)23-16-24-22-8-4-5-9-26(22)36-17-31(24)30-23/h1-13,16,21,25,32H,14-15,17H2,(H,29,33)(H,34,35). The summed E-state index contributed by atoms with van der Waals surface area (Å²) in [5.41, 5.74) is 4.84. The minimum absolute atomic E-state index is 0.138. The molecule has 3 aromatic carbocycles. The average molecular weight is 484 g/mol. The molecule has 1 aliphatic heterocycles. The zero-order chi connectivity index (χ0) is 25.1. The van der Waals surface area contributed by atoms with Crippen LogP contribution in [0.15, 0.2) is 84.9 Å². The summed E-state index contributed by atoms with van der Waals surface area (Å²) >= 11 is 0. The van der Waals surface area contributed by atoms with Crippen molar-refractivity contribution in [2.75, 3.05) is 0 Å². The number of para-hydroxylation sites is 1. The lowest BCUT2D eigenvalue weighted by Crippen LogP contribution is -2.40. The highest BCUT2D eigenvalue weighted by Crippen LogP contribution is 2.34. The lowest BCUT2D eigenvalue weighted by Gasteiger charge is -2.20. The summed E-state index contributed by atoms with van der Waals surface area (Å²) in [5.74, 6) is -1.06. The molecule has 0 radical (unpaired) electrons. The number of fused-ring (bicyclic) bond motifs is 3. The molecule has 0 fully saturated rings. The molecule has 4 aromatic rings. The number of aliphatic hydroxyl groups excluding tert-OH is 1. The van der Waals surface area contributed by atoms with E-state index in [1.807, 2.05) is 78.9 Å². The highest BCUT2D eigenvalue weighted by molar-refractivity contribution is 5.94. The SMILES string of the molecule is O=C(NC(Cc1ccc(-c2ccccc2)cc1)CC(O)C(=O)O)c1cc2n(n1)COc1ccccc1-2. The van der Waals surface area contributed by atoms with Gasteiger partial charge < -0.3 is 20.3 Å². The van der Waals surface area contributed by atoms with Gasteiger partial charge in [0.25, 0.3) is 5.91 Å². The van der Waals surface area contributed by atoms with Crippen molar-refractivity contribution in [2.45, 2.75) is 31.7 Å². The number of benzene rings is 3. The Labute approximate surface area is 207 Å². The molecule has 0 saturated heterocycles. The molecule has 2 atom stereocenters. The molecule has 36 heavy (non-hydrogen) atoms. The van der Waals surface area contributed by atoms with Gasteiger partial charge in [0.05, 0.1) is 5.69 Å². The summed E-state index contributed by atoms with van der Waals surface area (Å²) < 4.78 is 7.31. The number of nitrogens with zero attached hydrogens (tertiary/aromatic N) is 2. The van der Waals surface area contributed by atoms with Gasteiger partial charge in [-0.3, -0.25) is 4.79 Å². The Kier molecular flexibility index (Phi) is 6.51. The average Bonchev–Trinajstić information content (AvgIpc) is 3.35. The van der Waals surface area contributed by atoms with E-state index in [-0.39, 0.29) is 18.8 Å². The zero-order valence-corrected chi connectivity index (χ0v) is 19.4. The number of carboxylic acids is 1. The van der Waals surface area contributed by atoms with E-state index in [1.165, 1.54) is 0 Å². The topological polar surface area (TPSA) is 114 Å². The van der Waals surface area contributed by atoms with Crippen molar-refractivity contribution in [3.05, 3.63) is 96.2 Å². The quantitative estimate of drug-likeness (QED) is 0.352. The highest BCUT2D eigenvalue weighted by atomic mass is 16.5. The first-order valence-corrected chi connectivity index (χ1v) is 11.6. The predicted octanol–water partition coefficient (Wildman–Crippen LogP) is 3.74. The van der Waals surface area contributed by atoms with Crippen LogP contribution in [0.4, 0.5) is 0 Å². The van der Waals surface area contributed by atoms with E-state index in [9.17, 15) is 19.8 Å². The molecule has 2 heterocycles. The third kappa shape index (κ3) is 4.99. The monoisotopic (exact) mass is 483 g/mol. The van der Waals surface area contributed by atoms with Gasteiger partial charge in [-0.1, -0.05) is 66.7 Å². The number of rotatable bonds is 8. The van der Waals surface area contributed by atoms with Crippen LogP contribution in [0.5, 0.6) is 5.75 Å². The molecule has 0 aliphatic carbocycles. The molecule has 182 valence electrons. The maximum absolute atomic E-state index is 13.1. The van der Waals surface area contributed by atoms with Gasteiger partial charge in [-0.25, -0.2) is 9.48 Å². The zero-order valence-electron chi connectivity index (χ0n) is 19.4. The number of carbonyl (C=O) groups excluding carboxylic acids is 1. The van der Waals surface area contributed by atoms with Crippen LogP contribution in [0.1, 0.15) is 22.5 Å². The molecule has 0 bridgehead atoms. The van der Waals surface area contributed by atoms with Gasteiger partial charge in [-0.15, -0.1) is 0 Å². The van der Waals surface area contributed by atoms with Crippen molar-refractivity contribution in [1.82, 2.24) is 15.1 Å². The third-order valence-electron chi connectivity index (χ3n) is 6.19. The fourth-order valence-corrected chi connectivity index (χ4v) is 4.35. The Balaban J connectivity index is 1.34. The number of ether oxygens (including phenoxy) is 1. The number of amides is 1. The van der Waals surface area contributed by atoms with Gasteiger partial charge in [0.15, 0.2) is 18.5 Å². The maximum Gasteiger partial charge on any atom is 0.332 e. The van der Waals surface area contributed by atoms with Gasteiger partial charge in [0.1, 0.15) is 5.75 Å². The Morgan fingerprint density at radius 1 is 0.972 bits per heavy atom. The summed E-state index contributed by atoms with van der Waals surface area (Å²) in [6.45, 7) is 0.189. The molecule has 2 unspecified atom stereocenters. The summed E-state index contributed by atoms with van der Waals surface area (Å²) in [4.78, 5) is 24.4. The van der Waals surface area contributed by atoms with Crippen molar-refractivity contribution >= 4 is 11.9 Å². The number of hydrogen-bond donors (Lipinski definition) is 3. The Morgan fingerprint density at radius 3 is 2.42 bits per heavy atom. The minimum atomic E-state index is -1.60. The van der Waals surface area contributed by atoms with Gasteiger partial charge in [-0.2, -0.15) is 5.10 Å². The van der Waals surface area contributed by atoms with Crippen LogP contribution in [0, 0.1) is 0 Å². The largest absolute Gasteiger partial charge is 0.479 e. The molecule has 1 aliphatic rings. The molecule has 8 heteroatoms. The van der Waals surface area contributed by atoms with Crippen LogP contribution in [-0.2, 0) is 17.9 Å². The van der Waals surface area contributed by atoms with Crippen molar-refractivity contribution in [2.24, 2.45) is 0 Å². The van der Waals surface area contributed by atoms with Gasteiger partial charge in [-0.05, 0) is 41.3 Å². The second kappa shape index (κ2) is 10.1. The molecule has 1 amide bonds. The van der Waals surface area contributed by atoms with Crippen molar-refractivity contribution in [1.29, 1.82) is 0 Å². The molecule has 0 spiro atoms.